The molecular weight excluding hydrogens is 598 g/mol. The summed E-state index contributed by atoms with van der Waals surface area (Å²) in [6.07, 6.45) is 2.07. The number of hydrogen-bond acceptors (Lipinski definition) is 8. The first kappa shape index (κ1) is 33.3. The van der Waals surface area contributed by atoms with Crippen LogP contribution in [0.25, 0.3) is 0 Å². The number of carbonyl (C=O) groups is 2. The summed E-state index contributed by atoms with van der Waals surface area (Å²) in [6, 6.07) is 24.4. The summed E-state index contributed by atoms with van der Waals surface area (Å²) in [5.41, 5.74) is 4.70. The van der Waals surface area contributed by atoms with Crippen molar-refractivity contribution in [1.82, 2.24) is 15.5 Å². The molecule has 2 amide bonds. The van der Waals surface area contributed by atoms with Crippen LogP contribution in [-0.2, 0) is 43.3 Å². The van der Waals surface area contributed by atoms with Crippen LogP contribution >= 0.6 is 0 Å². The minimum absolute atomic E-state index is 0.00208. The SMILES string of the molecule is CC(=O)C(Cc1ccccc1)NC(=O)NCc1ccc(C2OC(CN3CCC4(CC3)OCCO4)CC(c3ccc(CO)cc3)O2)cc1. The molecule has 3 aliphatic heterocycles. The van der Waals surface area contributed by atoms with E-state index < -0.39 is 24.2 Å². The third kappa shape index (κ3) is 8.84. The molecule has 0 aromatic heterocycles. The number of aliphatic hydroxyl groups is 1. The van der Waals surface area contributed by atoms with Gasteiger partial charge in [0.25, 0.3) is 0 Å². The van der Waals surface area contributed by atoms with Gasteiger partial charge in [0.15, 0.2) is 17.9 Å². The molecule has 1 spiro atoms. The maximum absolute atomic E-state index is 12.7. The summed E-state index contributed by atoms with van der Waals surface area (Å²) in [6.45, 7) is 5.68. The van der Waals surface area contributed by atoms with Gasteiger partial charge in [0.05, 0.1) is 38.1 Å². The number of Topliss-reactive ketones (excluding diaryl/α,β-unsaturated/α-hetero) is 1. The van der Waals surface area contributed by atoms with E-state index in [1.165, 1.54) is 6.92 Å². The fraction of sp³-hybridized carbons (Fsp3) is 0.459. The van der Waals surface area contributed by atoms with Gasteiger partial charge in [-0.05, 0) is 35.6 Å². The molecule has 250 valence electrons. The number of rotatable bonds is 11. The average Bonchev–Trinajstić information content (AvgIpc) is 3.56. The fourth-order valence-corrected chi connectivity index (χ4v) is 6.51. The van der Waals surface area contributed by atoms with Crippen LogP contribution < -0.4 is 10.6 Å². The highest BCUT2D eigenvalue weighted by Crippen LogP contribution is 2.39. The van der Waals surface area contributed by atoms with Crippen molar-refractivity contribution in [2.75, 3.05) is 32.8 Å². The summed E-state index contributed by atoms with van der Waals surface area (Å²) in [4.78, 5) is 27.3. The molecule has 3 saturated heterocycles. The Morgan fingerprint density at radius 2 is 1.53 bits per heavy atom. The van der Waals surface area contributed by atoms with Crippen LogP contribution in [0.5, 0.6) is 0 Å². The molecule has 3 aromatic rings. The second kappa shape index (κ2) is 15.5. The van der Waals surface area contributed by atoms with Crippen molar-refractivity contribution in [1.29, 1.82) is 0 Å². The maximum atomic E-state index is 12.7. The van der Waals surface area contributed by atoms with Crippen LogP contribution in [0.4, 0.5) is 4.79 Å². The Kier molecular flexibility index (Phi) is 11.0. The van der Waals surface area contributed by atoms with Gasteiger partial charge in [-0.25, -0.2) is 4.79 Å². The summed E-state index contributed by atoms with van der Waals surface area (Å²) >= 11 is 0. The Bertz CT molecular complexity index is 1450. The number of nitrogens with zero attached hydrogens (tertiary/aromatic N) is 1. The summed E-state index contributed by atoms with van der Waals surface area (Å²) in [5, 5.41) is 15.2. The predicted molar refractivity (Wildman–Crippen MR) is 175 cm³/mol. The van der Waals surface area contributed by atoms with Crippen molar-refractivity contribution in [3.63, 3.8) is 0 Å². The molecule has 3 N–H and O–H groups in total. The van der Waals surface area contributed by atoms with E-state index in [1.807, 2.05) is 78.9 Å². The molecular formula is C37H45N3O7. The van der Waals surface area contributed by atoms with Crippen molar-refractivity contribution < 1.29 is 33.6 Å². The van der Waals surface area contributed by atoms with E-state index in [0.717, 1.165) is 60.3 Å². The van der Waals surface area contributed by atoms with E-state index in [2.05, 4.69) is 15.5 Å². The fourth-order valence-electron chi connectivity index (χ4n) is 6.51. The zero-order valence-electron chi connectivity index (χ0n) is 26.9. The number of hydrogen-bond donors (Lipinski definition) is 3. The molecule has 3 aromatic carbocycles. The van der Waals surface area contributed by atoms with Gasteiger partial charge in [0, 0.05) is 51.0 Å². The maximum Gasteiger partial charge on any atom is 0.315 e. The van der Waals surface area contributed by atoms with Gasteiger partial charge >= 0.3 is 6.03 Å². The van der Waals surface area contributed by atoms with Gasteiger partial charge in [0.2, 0.25) is 0 Å². The predicted octanol–water partition coefficient (Wildman–Crippen LogP) is 4.56. The van der Waals surface area contributed by atoms with Crippen LogP contribution in [0.3, 0.4) is 0 Å². The third-order valence-electron chi connectivity index (χ3n) is 9.29. The van der Waals surface area contributed by atoms with Gasteiger partial charge in [0.1, 0.15) is 0 Å². The number of carbonyl (C=O) groups excluding carboxylic acids is 2. The highest BCUT2D eigenvalue weighted by molar-refractivity contribution is 5.87. The molecule has 3 heterocycles. The van der Waals surface area contributed by atoms with E-state index in [9.17, 15) is 14.7 Å². The van der Waals surface area contributed by atoms with Crippen LogP contribution in [0.1, 0.15) is 66.4 Å². The molecule has 0 bridgehead atoms. The molecule has 10 heteroatoms. The summed E-state index contributed by atoms with van der Waals surface area (Å²) in [5.74, 6) is -0.510. The van der Waals surface area contributed by atoms with Crippen molar-refractivity contribution in [2.45, 2.75) is 76.1 Å². The number of amides is 2. The van der Waals surface area contributed by atoms with E-state index in [-0.39, 0.29) is 24.6 Å². The molecule has 10 nitrogen and oxygen atoms in total. The molecule has 0 aliphatic carbocycles. The normalized spacial score (nSPS) is 23.3. The van der Waals surface area contributed by atoms with Crippen LogP contribution in [-0.4, -0.2) is 72.6 Å². The molecule has 3 aliphatic rings. The number of benzene rings is 3. The average molecular weight is 644 g/mol. The number of aliphatic hydroxyl groups excluding tert-OH is 1. The largest absolute Gasteiger partial charge is 0.392 e. The van der Waals surface area contributed by atoms with Crippen LogP contribution in [0, 0.1) is 0 Å². The van der Waals surface area contributed by atoms with Gasteiger partial charge in [-0.15, -0.1) is 0 Å². The van der Waals surface area contributed by atoms with Crippen LogP contribution in [0.15, 0.2) is 78.9 Å². The van der Waals surface area contributed by atoms with Crippen molar-refractivity contribution >= 4 is 11.8 Å². The number of piperidine rings is 1. The molecule has 4 atom stereocenters. The van der Waals surface area contributed by atoms with Crippen molar-refractivity contribution in [3.05, 3.63) is 107 Å². The Morgan fingerprint density at radius 1 is 0.872 bits per heavy atom. The van der Waals surface area contributed by atoms with Gasteiger partial charge in [-0.1, -0.05) is 78.9 Å². The first-order chi connectivity index (χ1) is 22.9. The minimum atomic E-state index is -0.600. The number of ether oxygens (including phenoxy) is 4. The highest BCUT2D eigenvalue weighted by Gasteiger charge is 2.41. The minimum Gasteiger partial charge on any atom is -0.392 e. The van der Waals surface area contributed by atoms with Gasteiger partial charge in [-0.3, -0.25) is 4.79 Å². The lowest BCUT2D eigenvalue weighted by molar-refractivity contribution is -0.255. The number of likely N-dealkylation sites (tertiary alicyclic amines) is 1. The lowest BCUT2D eigenvalue weighted by Gasteiger charge is -2.41. The molecule has 0 radical (unpaired) electrons. The highest BCUT2D eigenvalue weighted by atomic mass is 16.7. The Hall–Kier alpha value is -3.64. The standard InChI is InChI=1S/C37H45N3O7/c1-26(42)33(21-27-5-3-2-4-6-27)39-36(43)38-23-28-7-13-31(14-8-28)35-46-32(22-34(47-35)30-11-9-29(25-41)10-12-30)24-40-17-15-37(16-18-40)44-19-20-45-37/h2-14,32-35,41H,15-25H2,1H3,(H2,38,39,43). The molecule has 6 rings (SSSR count). The van der Waals surface area contributed by atoms with E-state index >= 15 is 0 Å². The number of ketones is 1. The van der Waals surface area contributed by atoms with E-state index in [0.29, 0.717) is 32.6 Å². The Morgan fingerprint density at radius 3 is 2.19 bits per heavy atom. The Balaban J connectivity index is 1.07. The van der Waals surface area contributed by atoms with Crippen LogP contribution in [0.2, 0.25) is 0 Å². The number of urea groups is 1. The van der Waals surface area contributed by atoms with Gasteiger partial charge < -0.3 is 39.6 Å². The van der Waals surface area contributed by atoms with Gasteiger partial charge in [-0.2, -0.15) is 0 Å². The summed E-state index contributed by atoms with van der Waals surface area (Å²) < 4.78 is 24.9. The van der Waals surface area contributed by atoms with E-state index in [1.54, 1.807) is 0 Å². The molecule has 0 saturated carbocycles. The first-order valence-electron chi connectivity index (χ1n) is 16.6. The topological polar surface area (TPSA) is 119 Å². The lowest BCUT2D eigenvalue weighted by atomic mass is 9.98. The molecule has 4 unspecified atom stereocenters. The monoisotopic (exact) mass is 643 g/mol. The molecule has 47 heavy (non-hydrogen) atoms. The van der Waals surface area contributed by atoms with E-state index in [4.69, 9.17) is 18.9 Å². The smallest absolute Gasteiger partial charge is 0.315 e. The van der Waals surface area contributed by atoms with Crippen molar-refractivity contribution in [2.24, 2.45) is 0 Å². The quantitative estimate of drug-likeness (QED) is 0.278. The summed E-state index contributed by atoms with van der Waals surface area (Å²) in [7, 11) is 0. The number of nitrogens with one attached hydrogen (secondary N) is 2. The third-order valence-corrected chi connectivity index (χ3v) is 9.29. The second-order valence-electron chi connectivity index (χ2n) is 12.7. The molecule has 3 fully saturated rings. The zero-order chi connectivity index (χ0) is 32.6. The zero-order valence-corrected chi connectivity index (χ0v) is 26.9. The second-order valence-corrected chi connectivity index (χ2v) is 12.7. The lowest BCUT2D eigenvalue weighted by Crippen LogP contribution is -2.48. The Labute approximate surface area is 276 Å². The van der Waals surface area contributed by atoms with Crippen molar-refractivity contribution in [3.8, 4) is 0 Å². The first-order valence-corrected chi connectivity index (χ1v) is 16.6.